The number of nitrogens with zero attached hydrogens (tertiary/aromatic N) is 2. The first-order chi connectivity index (χ1) is 14.4. The summed E-state index contributed by atoms with van der Waals surface area (Å²) in [6.45, 7) is 1.30. The molecule has 2 amide bonds. The summed E-state index contributed by atoms with van der Waals surface area (Å²) >= 11 is 0. The topological polar surface area (TPSA) is 119 Å². The molecule has 1 aromatic heterocycles. The average molecular weight is 408 g/mol. The standard InChI is InChI=1S/C21H20N4O5/c1-13-16-5-3-4-6-17(16)21(29)25(24-13)12-18(26)23-15-9-7-14(8-10-15)20(28)22-11-19(27)30-2/h3-10H,11-12H2,1-2H3,(H,22,28)(H,23,26). The largest absolute Gasteiger partial charge is 0.468 e. The van der Waals surface area contributed by atoms with Gasteiger partial charge in [-0.2, -0.15) is 5.10 Å². The number of fused-ring (bicyclic) bond motifs is 1. The fourth-order valence-corrected chi connectivity index (χ4v) is 2.88. The van der Waals surface area contributed by atoms with Crippen LogP contribution >= 0.6 is 0 Å². The van der Waals surface area contributed by atoms with E-state index in [1.807, 2.05) is 12.1 Å². The summed E-state index contributed by atoms with van der Waals surface area (Å²) in [6.07, 6.45) is 0. The summed E-state index contributed by atoms with van der Waals surface area (Å²) in [5.41, 5.74) is 1.08. The minimum absolute atomic E-state index is 0.235. The molecule has 0 saturated carbocycles. The van der Waals surface area contributed by atoms with E-state index in [0.717, 1.165) is 10.1 Å². The third kappa shape index (κ3) is 4.69. The number of rotatable bonds is 6. The highest BCUT2D eigenvalue weighted by molar-refractivity contribution is 5.97. The van der Waals surface area contributed by atoms with Gasteiger partial charge < -0.3 is 15.4 Å². The number of ether oxygens (including phenoxy) is 1. The van der Waals surface area contributed by atoms with Crippen molar-refractivity contribution in [3.63, 3.8) is 0 Å². The number of hydrogen-bond donors (Lipinski definition) is 2. The Kier molecular flexibility index (Phi) is 6.21. The van der Waals surface area contributed by atoms with E-state index in [-0.39, 0.29) is 18.6 Å². The van der Waals surface area contributed by atoms with Crippen molar-refractivity contribution in [1.29, 1.82) is 0 Å². The Morgan fingerprint density at radius 3 is 2.37 bits per heavy atom. The number of carbonyl (C=O) groups excluding carboxylic acids is 3. The zero-order chi connectivity index (χ0) is 21.7. The second-order valence-corrected chi connectivity index (χ2v) is 6.48. The monoisotopic (exact) mass is 408 g/mol. The van der Waals surface area contributed by atoms with Crippen molar-refractivity contribution in [3.05, 3.63) is 70.1 Å². The zero-order valence-electron chi connectivity index (χ0n) is 16.5. The lowest BCUT2D eigenvalue weighted by Gasteiger charge is -2.10. The number of nitrogens with one attached hydrogen (secondary N) is 2. The summed E-state index contributed by atoms with van der Waals surface area (Å²) < 4.78 is 5.58. The lowest BCUT2D eigenvalue weighted by atomic mass is 10.1. The number of esters is 1. The Hall–Kier alpha value is -4.01. The molecule has 0 fully saturated rings. The number of aryl methyl sites for hydroxylation is 1. The van der Waals surface area contributed by atoms with Gasteiger partial charge in [-0.15, -0.1) is 0 Å². The second kappa shape index (κ2) is 8.99. The first kappa shape index (κ1) is 20.7. The Morgan fingerprint density at radius 1 is 1.03 bits per heavy atom. The van der Waals surface area contributed by atoms with Crippen LogP contribution in [0.2, 0.25) is 0 Å². The predicted molar refractivity (Wildman–Crippen MR) is 110 cm³/mol. The van der Waals surface area contributed by atoms with Crippen LogP contribution in [0.4, 0.5) is 5.69 Å². The number of carbonyl (C=O) groups is 3. The number of anilines is 1. The van der Waals surface area contributed by atoms with E-state index in [1.165, 1.54) is 19.2 Å². The molecular weight excluding hydrogens is 388 g/mol. The van der Waals surface area contributed by atoms with Crippen LogP contribution in [0.3, 0.4) is 0 Å². The Morgan fingerprint density at radius 2 is 1.70 bits per heavy atom. The molecule has 9 nitrogen and oxygen atoms in total. The van der Waals surface area contributed by atoms with Crippen molar-refractivity contribution in [2.45, 2.75) is 13.5 Å². The van der Waals surface area contributed by atoms with Gasteiger partial charge in [0.2, 0.25) is 5.91 Å². The Balaban J connectivity index is 1.66. The zero-order valence-corrected chi connectivity index (χ0v) is 16.5. The molecule has 2 N–H and O–H groups in total. The molecule has 3 aromatic rings. The molecule has 0 atom stereocenters. The molecule has 0 spiro atoms. The van der Waals surface area contributed by atoms with E-state index in [2.05, 4.69) is 20.5 Å². The second-order valence-electron chi connectivity index (χ2n) is 6.48. The number of aromatic nitrogens is 2. The Bertz CT molecular complexity index is 1170. The molecule has 0 saturated heterocycles. The highest BCUT2D eigenvalue weighted by atomic mass is 16.5. The summed E-state index contributed by atoms with van der Waals surface area (Å²) in [4.78, 5) is 48.0. The number of hydrogen-bond acceptors (Lipinski definition) is 6. The molecule has 0 bridgehead atoms. The van der Waals surface area contributed by atoms with Crippen LogP contribution < -0.4 is 16.2 Å². The van der Waals surface area contributed by atoms with E-state index in [0.29, 0.717) is 22.3 Å². The van der Waals surface area contributed by atoms with Crippen LogP contribution in [0.5, 0.6) is 0 Å². The maximum atomic E-state index is 12.6. The van der Waals surface area contributed by atoms with Gasteiger partial charge in [-0.1, -0.05) is 18.2 Å². The number of methoxy groups -OCH3 is 1. The molecule has 154 valence electrons. The van der Waals surface area contributed by atoms with Crippen LogP contribution in [0.15, 0.2) is 53.3 Å². The van der Waals surface area contributed by atoms with Gasteiger partial charge in [0.25, 0.3) is 11.5 Å². The van der Waals surface area contributed by atoms with E-state index in [1.54, 1.807) is 31.2 Å². The summed E-state index contributed by atoms with van der Waals surface area (Å²) in [5.74, 6) is -1.43. The smallest absolute Gasteiger partial charge is 0.325 e. The minimum Gasteiger partial charge on any atom is -0.468 e. The SMILES string of the molecule is COC(=O)CNC(=O)c1ccc(NC(=O)Cn2nc(C)c3ccccc3c2=O)cc1. The van der Waals surface area contributed by atoms with Crippen LogP contribution in [0.1, 0.15) is 16.1 Å². The third-order valence-electron chi connectivity index (χ3n) is 4.40. The highest BCUT2D eigenvalue weighted by Gasteiger charge is 2.12. The Labute approximate surface area is 171 Å². The van der Waals surface area contributed by atoms with Gasteiger partial charge in [-0.25, -0.2) is 4.68 Å². The van der Waals surface area contributed by atoms with Gasteiger partial charge >= 0.3 is 5.97 Å². The number of amides is 2. The summed E-state index contributed by atoms with van der Waals surface area (Å²) in [5, 5.41) is 10.6. The maximum Gasteiger partial charge on any atom is 0.325 e. The molecule has 0 aliphatic carbocycles. The van der Waals surface area contributed by atoms with Crippen molar-refractivity contribution >= 4 is 34.2 Å². The molecule has 0 aliphatic heterocycles. The molecular formula is C21H20N4O5. The quantitative estimate of drug-likeness (QED) is 0.593. The molecule has 0 unspecified atom stereocenters. The lowest BCUT2D eigenvalue weighted by molar-refractivity contribution is -0.139. The third-order valence-corrected chi connectivity index (χ3v) is 4.40. The lowest BCUT2D eigenvalue weighted by Crippen LogP contribution is -2.30. The van der Waals surface area contributed by atoms with E-state index >= 15 is 0 Å². The molecule has 2 aromatic carbocycles. The predicted octanol–water partition coefficient (Wildman–Crippen LogP) is 1.25. The van der Waals surface area contributed by atoms with Crippen LogP contribution in [0.25, 0.3) is 10.8 Å². The molecule has 0 radical (unpaired) electrons. The van der Waals surface area contributed by atoms with Crippen molar-refractivity contribution in [3.8, 4) is 0 Å². The normalized spacial score (nSPS) is 10.5. The van der Waals surface area contributed by atoms with Crippen LogP contribution in [-0.4, -0.2) is 41.2 Å². The first-order valence-corrected chi connectivity index (χ1v) is 9.10. The molecule has 3 rings (SSSR count). The minimum atomic E-state index is -0.556. The van der Waals surface area contributed by atoms with Gasteiger partial charge in [-0.05, 0) is 37.3 Å². The maximum absolute atomic E-state index is 12.6. The fourth-order valence-electron chi connectivity index (χ4n) is 2.88. The van der Waals surface area contributed by atoms with E-state index < -0.39 is 17.8 Å². The number of benzene rings is 2. The van der Waals surface area contributed by atoms with Crippen LogP contribution in [-0.2, 0) is 20.9 Å². The van der Waals surface area contributed by atoms with Gasteiger partial charge in [0.05, 0.1) is 18.2 Å². The van der Waals surface area contributed by atoms with E-state index in [4.69, 9.17) is 0 Å². The summed E-state index contributed by atoms with van der Waals surface area (Å²) in [7, 11) is 1.23. The molecule has 1 heterocycles. The molecule has 9 heteroatoms. The molecule has 30 heavy (non-hydrogen) atoms. The van der Waals surface area contributed by atoms with Crippen molar-refractivity contribution in [1.82, 2.24) is 15.1 Å². The van der Waals surface area contributed by atoms with Gasteiger partial charge in [0, 0.05) is 16.6 Å². The first-order valence-electron chi connectivity index (χ1n) is 9.10. The average Bonchev–Trinajstić information content (AvgIpc) is 2.75. The fraction of sp³-hybridized carbons (Fsp3) is 0.190. The van der Waals surface area contributed by atoms with Gasteiger partial charge in [-0.3, -0.25) is 19.2 Å². The highest BCUT2D eigenvalue weighted by Crippen LogP contribution is 2.12. The van der Waals surface area contributed by atoms with Crippen LogP contribution in [0, 0.1) is 6.92 Å². The van der Waals surface area contributed by atoms with Crippen molar-refractivity contribution < 1.29 is 19.1 Å². The van der Waals surface area contributed by atoms with Crippen molar-refractivity contribution in [2.24, 2.45) is 0 Å². The van der Waals surface area contributed by atoms with Crippen molar-refractivity contribution in [2.75, 3.05) is 19.0 Å². The van der Waals surface area contributed by atoms with E-state index in [9.17, 15) is 19.2 Å². The molecule has 0 aliphatic rings. The summed E-state index contributed by atoms with van der Waals surface area (Å²) in [6, 6.07) is 13.2. The van der Waals surface area contributed by atoms with Gasteiger partial charge in [0.15, 0.2) is 0 Å². The van der Waals surface area contributed by atoms with Gasteiger partial charge in [0.1, 0.15) is 13.1 Å².